The third-order valence-electron chi connectivity index (χ3n) is 7.52. The van der Waals surface area contributed by atoms with E-state index in [0.717, 1.165) is 17.5 Å². The average molecular weight is 611 g/mol. The summed E-state index contributed by atoms with van der Waals surface area (Å²) in [5.74, 6) is -1.30. The number of amides is 1. The van der Waals surface area contributed by atoms with Gasteiger partial charge in [0.15, 0.2) is 15.5 Å². The summed E-state index contributed by atoms with van der Waals surface area (Å²) in [6.07, 6.45) is 7.45. The number of nitrogens with zero attached hydrogens (tertiary/aromatic N) is 5. The largest absolute Gasteiger partial charge is 0.382 e. The van der Waals surface area contributed by atoms with Gasteiger partial charge in [-0.2, -0.15) is 14.7 Å². The summed E-state index contributed by atoms with van der Waals surface area (Å²) >= 11 is 0. The molecule has 4 aromatic rings. The van der Waals surface area contributed by atoms with E-state index in [4.69, 9.17) is 31.3 Å². The van der Waals surface area contributed by atoms with Crippen molar-refractivity contribution in [1.82, 2.24) is 35.2 Å². The van der Waals surface area contributed by atoms with Crippen LogP contribution in [0.4, 0.5) is 5.82 Å². The number of anilines is 1. The normalized spacial score (nSPS) is 18.9. The van der Waals surface area contributed by atoms with Gasteiger partial charge in [0.2, 0.25) is 5.96 Å². The monoisotopic (exact) mass is 610 g/mol. The third kappa shape index (κ3) is 6.02. The third-order valence-corrected chi connectivity index (χ3v) is 8.68. The molecule has 1 saturated carbocycles. The molecule has 43 heavy (non-hydrogen) atoms. The number of rotatable bonds is 9. The van der Waals surface area contributed by atoms with E-state index in [-0.39, 0.29) is 42.7 Å². The van der Waals surface area contributed by atoms with Crippen LogP contribution in [-0.4, -0.2) is 76.8 Å². The summed E-state index contributed by atoms with van der Waals surface area (Å²) in [6, 6.07) is 9.61. The first-order valence-corrected chi connectivity index (χ1v) is 15.4. The Hall–Kier alpha value is -4.54. The predicted octanol–water partition coefficient (Wildman–Crippen LogP) is 1.14. The lowest BCUT2D eigenvalue weighted by Crippen LogP contribution is -2.57. The molecule has 15 nitrogen and oxygen atoms in total. The van der Waals surface area contributed by atoms with Crippen LogP contribution in [0.5, 0.6) is 0 Å². The number of carbonyl (C=O) groups excluding carboxylic acids is 1. The summed E-state index contributed by atoms with van der Waals surface area (Å²) in [4.78, 5) is 17.9. The quantitative estimate of drug-likeness (QED) is 0.0783. The van der Waals surface area contributed by atoms with E-state index in [1.165, 1.54) is 11.6 Å². The van der Waals surface area contributed by atoms with Gasteiger partial charge < -0.3 is 20.9 Å². The molecule has 0 unspecified atom stereocenters. The molecule has 3 aromatic heterocycles. The van der Waals surface area contributed by atoms with Gasteiger partial charge in [-0.05, 0) is 37.8 Å². The van der Waals surface area contributed by atoms with Gasteiger partial charge in [-0.15, -0.1) is 0 Å². The SMILES string of the molecule is COCCO[C@]1(C(=O)NNC(=N)N)CC[C@@H](c2nc3c(-c4cnn(-c5ccccc5)c4)cnn3c(N)c2S(C)(=O)=O)CC1. The van der Waals surface area contributed by atoms with Gasteiger partial charge in [0.25, 0.3) is 5.91 Å². The van der Waals surface area contributed by atoms with Gasteiger partial charge >= 0.3 is 0 Å². The molecule has 0 radical (unpaired) electrons. The molecule has 1 aromatic carbocycles. The smallest absolute Gasteiger partial charge is 0.270 e. The standard InChI is InChI=1S/C27H34N10O5S/c1-41-12-13-42-27(25(38)34-35-26(29)30)10-8-17(9-11-27)21-22(43(2,39)40)23(28)37-24(33-21)20(15-32-37)18-14-31-36(16-18)19-6-4-3-5-7-19/h3-7,14-17H,8-13,28H2,1-2H3,(H,34,38)(H4,29,30,35)/t17-,27-. The number of guanidine groups is 1. The fourth-order valence-electron chi connectivity index (χ4n) is 5.42. The van der Waals surface area contributed by atoms with Crippen LogP contribution >= 0.6 is 0 Å². The maximum Gasteiger partial charge on any atom is 0.270 e. The molecule has 1 amide bonds. The lowest BCUT2D eigenvalue weighted by atomic mass is 9.76. The van der Waals surface area contributed by atoms with Crippen molar-refractivity contribution in [2.24, 2.45) is 5.73 Å². The fourth-order valence-corrected chi connectivity index (χ4v) is 6.47. The van der Waals surface area contributed by atoms with Gasteiger partial charge in [0.05, 0.1) is 37.0 Å². The van der Waals surface area contributed by atoms with E-state index in [2.05, 4.69) is 21.0 Å². The van der Waals surface area contributed by atoms with E-state index in [9.17, 15) is 13.2 Å². The number of fused-ring (bicyclic) bond motifs is 1. The van der Waals surface area contributed by atoms with Crippen LogP contribution in [0.1, 0.15) is 37.3 Å². The van der Waals surface area contributed by atoms with Gasteiger partial charge in [-0.1, -0.05) is 18.2 Å². The minimum Gasteiger partial charge on any atom is -0.382 e. The van der Waals surface area contributed by atoms with Crippen LogP contribution in [0.25, 0.3) is 22.5 Å². The number of methoxy groups -OCH3 is 1. The zero-order valence-corrected chi connectivity index (χ0v) is 24.6. The molecule has 0 aliphatic heterocycles. The molecule has 0 saturated heterocycles. The molecule has 3 heterocycles. The number of para-hydroxylation sites is 1. The van der Waals surface area contributed by atoms with Crippen LogP contribution in [0.3, 0.4) is 0 Å². The summed E-state index contributed by atoms with van der Waals surface area (Å²) in [7, 11) is -2.28. The first kappa shape index (κ1) is 29.9. The van der Waals surface area contributed by atoms with Crippen LogP contribution in [-0.2, 0) is 24.1 Å². The number of aromatic nitrogens is 5. The van der Waals surface area contributed by atoms with Crippen molar-refractivity contribution in [3.05, 3.63) is 54.6 Å². The number of nitrogens with two attached hydrogens (primary N) is 2. The first-order chi connectivity index (χ1) is 20.5. The van der Waals surface area contributed by atoms with Crippen molar-refractivity contribution in [3.8, 4) is 16.8 Å². The molecule has 7 N–H and O–H groups in total. The van der Waals surface area contributed by atoms with E-state index in [0.29, 0.717) is 29.7 Å². The Morgan fingerprint density at radius 1 is 1.14 bits per heavy atom. The van der Waals surface area contributed by atoms with Gasteiger partial charge in [0, 0.05) is 36.6 Å². The van der Waals surface area contributed by atoms with E-state index >= 15 is 0 Å². The van der Waals surface area contributed by atoms with E-state index < -0.39 is 27.3 Å². The second kappa shape index (κ2) is 12.0. The van der Waals surface area contributed by atoms with Crippen LogP contribution in [0, 0.1) is 5.41 Å². The van der Waals surface area contributed by atoms with Crippen molar-refractivity contribution in [1.29, 1.82) is 5.41 Å². The Morgan fingerprint density at radius 2 is 1.86 bits per heavy atom. The molecule has 1 fully saturated rings. The molecule has 0 spiro atoms. The number of hydrogen-bond donors (Lipinski definition) is 5. The van der Waals surface area contributed by atoms with Crippen molar-refractivity contribution in [3.63, 3.8) is 0 Å². The summed E-state index contributed by atoms with van der Waals surface area (Å²) in [5.41, 5.74) is 18.2. The highest BCUT2D eigenvalue weighted by atomic mass is 32.2. The number of nitrogens with one attached hydrogen (secondary N) is 3. The molecule has 16 heteroatoms. The van der Waals surface area contributed by atoms with Crippen molar-refractivity contribution in [2.75, 3.05) is 32.3 Å². The van der Waals surface area contributed by atoms with Gasteiger partial charge in [-0.3, -0.25) is 21.1 Å². The molecule has 1 aliphatic rings. The van der Waals surface area contributed by atoms with E-state index in [1.807, 2.05) is 36.5 Å². The second-order valence-electron chi connectivity index (χ2n) is 10.4. The Morgan fingerprint density at radius 3 is 2.51 bits per heavy atom. The predicted molar refractivity (Wildman–Crippen MR) is 158 cm³/mol. The van der Waals surface area contributed by atoms with Crippen molar-refractivity contribution in [2.45, 2.75) is 42.1 Å². The summed E-state index contributed by atoms with van der Waals surface area (Å²) in [6.45, 7) is 0.437. The number of hydrazine groups is 1. The molecule has 0 atom stereocenters. The second-order valence-corrected chi connectivity index (χ2v) is 12.3. The first-order valence-electron chi connectivity index (χ1n) is 13.5. The highest BCUT2D eigenvalue weighted by Gasteiger charge is 2.45. The molecule has 1 aliphatic carbocycles. The fraction of sp³-hybridized carbons (Fsp3) is 0.370. The van der Waals surface area contributed by atoms with Gasteiger partial charge in [0.1, 0.15) is 16.3 Å². The number of hydrogen-bond acceptors (Lipinski definition) is 10. The minimum absolute atomic E-state index is 0.0409. The molecule has 228 valence electrons. The van der Waals surface area contributed by atoms with Crippen molar-refractivity contribution >= 4 is 33.2 Å². The average Bonchev–Trinajstić information content (AvgIpc) is 3.64. The minimum atomic E-state index is -3.81. The van der Waals surface area contributed by atoms with Crippen LogP contribution < -0.4 is 22.3 Å². The number of ether oxygens (including phenoxy) is 2. The Kier molecular flexibility index (Phi) is 8.34. The van der Waals surface area contributed by atoms with Crippen LogP contribution in [0.2, 0.25) is 0 Å². The van der Waals surface area contributed by atoms with Crippen LogP contribution in [0.15, 0.2) is 53.8 Å². The Balaban J connectivity index is 1.51. The number of benzene rings is 1. The van der Waals surface area contributed by atoms with Gasteiger partial charge in [-0.25, -0.2) is 18.1 Å². The van der Waals surface area contributed by atoms with Crippen molar-refractivity contribution < 1.29 is 22.7 Å². The molecule has 5 rings (SSSR count). The number of nitrogen functional groups attached to an aromatic ring is 1. The zero-order chi connectivity index (χ0) is 30.8. The highest BCUT2D eigenvalue weighted by molar-refractivity contribution is 7.91. The number of carbonyl (C=O) groups is 1. The molecular formula is C27H34N10O5S. The Labute approximate surface area is 248 Å². The number of sulfone groups is 1. The lowest BCUT2D eigenvalue weighted by Gasteiger charge is -2.38. The lowest BCUT2D eigenvalue weighted by molar-refractivity contribution is -0.155. The zero-order valence-electron chi connectivity index (χ0n) is 23.8. The summed E-state index contributed by atoms with van der Waals surface area (Å²) < 4.78 is 40.2. The summed E-state index contributed by atoms with van der Waals surface area (Å²) in [5, 5.41) is 16.2. The molecular weight excluding hydrogens is 576 g/mol. The van der Waals surface area contributed by atoms with E-state index in [1.54, 1.807) is 17.1 Å². The maximum atomic E-state index is 13.1. The Bertz CT molecular complexity index is 1740. The molecule has 0 bridgehead atoms. The topological polar surface area (TPSA) is 218 Å². The highest BCUT2D eigenvalue weighted by Crippen LogP contribution is 2.43. The maximum absolute atomic E-state index is 13.1.